The fourth-order valence-electron chi connectivity index (χ4n) is 4.41. The van der Waals surface area contributed by atoms with E-state index in [9.17, 15) is 48.3 Å². The number of imide groups is 1. The summed E-state index contributed by atoms with van der Waals surface area (Å²) in [5.74, 6) is -7.18. The Hall–Kier alpha value is -5.13. The lowest BCUT2D eigenvalue weighted by atomic mass is 10.0. The predicted molar refractivity (Wildman–Crippen MR) is 155 cm³/mol. The van der Waals surface area contributed by atoms with E-state index in [2.05, 4.69) is 21.3 Å². The standard InChI is InChI=1S/C28H38N6O12/c35-17(5-3-15-33-19(37)9-10-20(33)38)31-25(27(45)29-13-1-7-23(41)42)26(28(46)30-14-2-8-24(43)44)32-18(36)6-4-16-34-21(39)11-12-22(34)40/h9-12,19,25-26,37H,1-8,13-16H2,(H,29,45)(H,30,46)(H,31,35)(H,32,36)(H,41,42)(H,43,44)/t19?,25-,26-/m1/s1. The van der Waals surface area contributed by atoms with Crippen molar-refractivity contribution in [3.05, 3.63) is 24.3 Å². The molecule has 2 heterocycles. The Balaban J connectivity index is 2.15. The second-order valence-corrected chi connectivity index (χ2v) is 10.3. The van der Waals surface area contributed by atoms with E-state index in [1.807, 2.05) is 0 Å². The smallest absolute Gasteiger partial charge is 0.303 e. The second-order valence-electron chi connectivity index (χ2n) is 10.3. The maximum atomic E-state index is 13.2. The maximum absolute atomic E-state index is 13.2. The first kappa shape index (κ1) is 37.1. The van der Waals surface area contributed by atoms with Gasteiger partial charge in [0.2, 0.25) is 29.5 Å². The molecule has 18 heteroatoms. The highest BCUT2D eigenvalue weighted by Crippen LogP contribution is 2.10. The monoisotopic (exact) mass is 650 g/mol. The molecular formula is C28H38N6O12. The Morgan fingerprint density at radius 1 is 0.652 bits per heavy atom. The summed E-state index contributed by atoms with van der Waals surface area (Å²) < 4.78 is 0. The number of carboxylic acids is 2. The first-order valence-electron chi connectivity index (χ1n) is 14.6. The van der Waals surface area contributed by atoms with Crippen LogP contribution in [0.5, 0.6) is 0 Å². The van der Waals surface area contributed by atoms with Crippen molar-refractivity contribution in [3.8, 4) is 0 Å². The van der Waals surface area contributed by atoms with Gasteiger partial charge in [-0.25, -0.2) is 0 Å². The molecule has 0 spiro atoms. The number of hydrogen-bond donors (Lipinski definition) is 7. The van der Waals surface area contributed by atoms with Crippen molar-refractivity contribution in [2.75, 3.05) is 26.2 Å². The van der Waals surface area contributed by atoms with Crippen LogP contribution in [-0.2, 0) is 43.2 Å². The summed E-state index contributed by atoms with van der Waals surface area (Å²) in [7, 11) is 0. The molecule has 0 aliphatic carbocycles. The third-order valence-electron chi connectivity index (χ3n) is 6.77. The van der Waals surface area contributed by atoms with Gasteiger partial charge in [-0.2, -0.15) is 0 Å². The largest absolute Gasteiger partial charge is 0.481 e. The van der Waals surface area contributed by atoms with E-state index >= 15 is 0 Å². The third-order valence-corrected chi connectivity index (χ3v) is 6.77. The molecule has 18 nitrogen and oxygen atoms in total. The molecule has 7 amide bonds. The van der Waals surface area contributed by atoms with Crippen LogP contribution in [0.2, 0.25) is 0 Å². The lowest BCUT2D eigenvalue weighted by Gasteiger charge is -2.28. The average Bonchev–Trinajstić information content (AvgIpc) is 3.49. The van der Waals surface area contributed by atoms with Crippen molar-refractivity contribution in [2.24, 2.45) is 0 Å². The Morgan fingerprint density at radius 2 is 1.11 bits per heavy atom. The Bertz CT molecular complexity index is 1250. The number of carbonyl (C=O) groups is 9. The van der Waals surface area contributed by atoms with Crippen LogP contribution in [0.4, 0.5) is 0 Å². The zero-order chi connectivity index (χ0) is 34.2. The Kier molecular flexibility index (Phi) is 15.0. The van der Waals surface area contributed by atoms with Crippen molar-refractivity contribution >= 4 is 53.3 Å². The van der Waals surface area contributed by atoms with Crippen molar-refractivity contribution in [1.29, 1.82) is 0 Å². The fraction of sp³-hybridized carbons (Fsp3) is 0.536. The average molecular weight is 651 g/mol. The number of amides is 7. The fourth-order valence-corrected chi connectivity index (χ4v) is 4.41. The second kappa shape index (κ2) is 18.6. The topological polar surface area (TPSA) is 269 Å². The highest BCUT2D eigenvalue weighted by atomic mass is 16.4. The van der Waals surface area contributed by atoms with Crippen LogP contribution in [0, 0.1) is 0 Å². The number of nitrogens with zero attached hydrogens (tertiary/aromatic N) is 2. The highest BCUT2D eigenvalue weighted by Gasteiger charge is 2.36. The van der Waals surface area contributed by atoms with Crippen LogP contribution in [-0.4, -0.2) is 123 Å². The van der Waals surface area contributed by atoms with E-state index in [1.54, 1.807) is 0 Å². The number of carboxylic acid groups (broad SMARTS) is 2. The summed E-state index contributed by atoms with van der Waals surface area (Å²) >= 11 is 0. The minimum absolute atomic E-state index is 0.00571. The van der Waals surface area contributed by atoms with Gasteiger partial charge in [-0.15, -0.1) is 0 Å². The van der Waals surface area contributed by atoms with Gasteiger partial charge < -0.3 is 41.5 Å². The van der Waals surface area contributed by atoms with Crippen molar-refractivity contribution in [1.82, 2.24) is 31.1 Å². The SMILES string of the molecule is O=C(O)CCCNC(=O)[C@H](NC(=O)CCCN1C(=O)C=CC1=O)[C@@H](NC(=O)CCCN1C(=O)C=CC1O)C(=O)NCCCC(=O)O. The normalized spacial score (nSPS) is 16.7. The van der Waals surface area contributed by atoms with E-state index in [4.69, 9.17) is 10.2 Å². The molecule has 0 bridgehead atoms. The molecule has 252 valence electrons. The molecular weight excluding hydrogens is 612 g/mol. The molecule has 0 aromatic heterocycles. The number of nitrogens with one attached hydrogen (secondary N) is 4. The van der Waals surface area contributed by atoms with Gasteiger partial charge in [-0.1, -0.05) is 0 Å². The first-order chi connectivity index (χ1) is 21.8. The van der Waals surface area contributed by atoms with E-state index in [1.165, 1.54) is 12.2 Å². The molecule has 0 aromatic rings. The molecule has 7 N–H and O–H groups in total. The zero-order valence-electron chi connectivity index (χ0n) is 24.9. The van der Waals surface area contributed by atoms with Gasteiger partial charge in [0, 0.05) is 70.1 Å². The number of aliphatic hydroxyl groups is 1. The molecule has 0 saturated heterocycles. The zero-order valence-corrected chi connectivity index (χ0v) is 24.9. The summed E-state index contributed by atoms with van der Waals surface area (Å²) in [6, 6.07) is -3.43. The van der Waals surface area contributed by atoms with Crippen LogP contribution >= 0.6 is 0 Å². The van der Waals surface area contributed by atoms with E-state index in [-0.39, 0.29) is 77.5 Å². The van der Waals surface area contributed by atoms with Gasteiger partial charge in [0.05, 0.1) is 0 Å². The van der Waals surface area contributed by atoms with Gasteiger partial charge in [0.1, 0.15) is 18.3 Å². The lowest BCUT2D eigenvalue weighted by molar-refractivity contribution is -0.138. The molecule has 0 aromatic carbocycles. The Labute approximate surface area is 263 Å². The molecule has 3 atom stereocenters. The number of hydrogen-bond acceptors (Lipinski definition) is 10. The maximum Gasteiger partial charge on any atom is 0.303 e. The Morgan fingerprint density at radius 3 is 1.52 bits per heavy atom. The number of aliphatic carboxylic acids is 2. The van der Waals surface area contributed by atoms with Gasteiger partial charge in [-0.3, -0.25) is 48.1 Å². The summed E-state index contributed by atoms with van der Waals surface area (Å²) in [4.78, 5) is 111. The summed E-state index contributed by atoms with van der Waals surface area (Å²) in [6.07, 6.45) is 2.44. The lowest BCUT2D eigenvalue weighted by Crippen LogP contribution is -2.63. The van der Waals surface area contributed by atoms with Crippen LogP contribution in [0.1, 0.15) is 51.4 Å². The van der Waals surface area contributed by atoms with Gasteiger partial charge >= 0.3 is 11.9 Å². The molecule has 2 aliphatic heterocycles. The van der Waals surface area contributed by atoms with E-state index in [0.717, 1.165) is 22.0 Å². The predicted octanol–water partition coefficient (Wildman–Crippen LogP) is -2.88. The van der Waals surface area contributed by atoms with Crippen LogP contribution < -0.4 is 21.3 Å². The summed E-state index contributed by atoms with van der Waals surface area (Å²) in [5, 5.41) is 37.2. The van der Waals surface area contributed by atoms with Crippen molar-refractivity contribution < 1.29 is 58.5 Å². The molecule has 0 saturated carbocycles. The van der Waals surface area contributed by atoms with E-state index < -0.39 is 71.6 Å². The minimum Gasteiger partial charge on any atom is -0.481 e. The van der Waals surface area contributed by atoms with Crippen LogP contribution in [0.15, 0.2) is 24.3 Å². The quantitative estimate of drug-likeness (QED) is 0.0488. The highest BCUT2D eigenvalue weighted by molar-refractivity contribution is 6.12. The summed E-state index contributed by atoms with van der Waals surface area (Å²) in [6.45, 7) is -0.399. The van der Waals surface area contributed by atoms with E-state index in [0.29, 0.717) is 0 Å². The molecule has 0 fully saturated rings. The molecule has 0 radical (unpaired) electrons. The van der Waals surface area contributed by atoms with Gasteiger partial charge in [0.25, 0.3) is 11.8 Å². The third kappa shape index (κ3) is 12.5. The van der Waals surface area contributed by atoms with Crippen LogP contribution in [0.25, 0.3) is 0 Å². The van der Waals surface area contributed by atoms with Gasteiger partial charge in [-0.05, 0) is 31.8 Å². The molecule has 1 unspecified atom stereocenters. The molecule has 2 aliphatic rings. The first-order valence-corrected chi connectivity index (χ1v) is 14.6. The molecule has 46 heavy (non-hydrogen) atoms. The molecule has 2 rings (SSSR count). The van der Waals surface area contributed by atoms with Crippen LogP contribution in [0.3, 0.4) is 0 Å². The number of rotatable bonds is 21. The number of aliphatic hydroxyl groups excluding tert-OH is 1. The minimum atomic E-state index is -1.72. The van der Waals surface area contributed by atoms with Crippen molar-refractivity contribution in [2.45, 2.75) is 69.7 Å². The number of carbonyl (C=O) groups excluding carboxylic acids is 7. The summed E-state index contributed by atoms with van der Waals surface area (Å²) in [5.41, 5.74) is 0. The van der Waals surface area contributed by atoms with Crippen molar-refractivity contribution in [3.63, 3.8) is 0 Å². The van der Waals surface area contributed by atoms with Gasteiger partial charge in [0.15, 0.2) is 0 Å².